The number of hydrogen-bond donors (Lipinski definition) is 2. The van der Waals surface area contributed by atoms with Crippen molar-refractivity contribution in [2.45, 2.75) is 19.3 Å². The molecule has 8 heteroatoms. The van der Waals surface area contributed by atoms with Gasteiger partial charge in [0.25, 0.3) is 5.91 Å². The minimum absolute atomic E-state index is 0.217. The third-order valence-corrected chi connectivity index (χ3v) is 5.40. The minimum Gasteiger partial charge on any atom is -0.389 e. The molecule has 1 aliphatic heterocycles. The molecule has 27 heavy (non-hydrogen) atoms. The molecule has 0 saturated carbocycles. The van der Waals surface area contributed by atoms with E-state index < -0.39 is 0 Å². The molecule has 0 spiro atoms. The molecule has 0 unspecified atom stereocenters. The minimum atomic E-state index is -0.336. The number of carbonyl (C=O) groups excluding carboxylic acids is 1. The van der Waals surface area contributed by atoms with E-state index in [1.54, 1.807) is 18.6 Å². The van der Waals surface area contributed by atoms with Gasteiger partial charge in [0.1, 0.15) is 10.0 Å². The highest BCUT2D eigenvalue weighted by Gasteiger charge is 2.21. The number of hydrogen-bond acceptors (Lipinski definition) is 7. The summed E-state index contributed by atoms with van der Waals surface area (Å²) in [5.74, 6) is -0.336. The van der Waals surface area contributed by atoms with Crippen molar-refractivity contribution in [1.82, 2.24) is 15.0 Å². The van der Waals surface area contributed by atoms with Crippen molar-refractivity contribution in [1.29, 1.82) is 0 Å². The number of carbonyl (C=O) groups is 1. The molecular formula is C19H20N6OS. The molecule has 0 aromatic carbocycles. The summed E-state index contributed by atoms with van der Waals surface area (Å²) in [4.78, 5) is 27.9. The highest BCUT2D eigenvalue weighted by Crippen LogP contribution is 2.31. The van der Waals surface area contributed by atoms with E-state index in [0.717, 1.165) is 31.6 Å². The molecule has 1 aliphatic rings. The summed E-state index contributed by atoms with van der Waals surface area (Å²) in [6, 6.07) is 7.49. The molecule has 4 rings (SSSR count). The average molecular weight is 380 g/mol. The van der Waals surface area contributed by atoms with Gasteiger partial charge in [0.2, 0.25) is 0 Å². The van der Waals surface area contributed by atoms with Gasteiger partial charge in [-0.05, 0) is 37.5 Å². The van der Waals surface area contributed by atoms with Crippen LogP contribution in [0, 0.1) is 0 Å². The number of piperidine rings is 1. The number of nitrogens with zero attached hydrogens (tertiary/aromatic N) is 4. The second-order valence-corrected chi connectivity index (χ2v) is 7.37. The van der Waals surface area contributed by atoms with Crippen LogP contribution in [0.1, 0.15) is 29.8 Å². The summed E-state index contributed by atoms with van der Waals surface area (Å²) >= 11 is 1.26. The van der Waals surface area contributed by atoms with Gasteiger partial charge in [0, 0.05) is 25.5 Å². The Morgan fingerprint density at radius 1 is 1.15 bits per heavy atom. The Morgan fingerprint density at radius 3 is 2.78 bits per heavy atom. The molecule has 3 N–H and O–H groups in total. The zero-order valence-electron chi connectivity index (χ0n) is 14.8. The number of pyridine rings is 2. The molecule has 7 nitrogen and oxygen atoms in total. The lowest BCUT2D eigenvalue weighted by Crippen LogP contribution is -2.30. The number of nitrogen functional groups attached to an aromatic ring is 1. The van der Waals surface area contributed by atoms with E-state index in [2.05, 4.69) is 25.2 Å². The zero-order chi connectivity index (χ0) is 18.6. The van der Waals surface area contributed by atoms with Gasteiger partial charge >= 0.3 is 0 Å². The van der Waals surface area contributed by atoms with Crippen molar-refractivity contribution in [3.8, 4) is 10.7 Å². The second kappa shape index (κ2) is 7.71. The van der Waals surface area contributed by atoms with E-state index in [1.807, 2.05) is 24.3 Å². The summed E-state index contributed by atoms with van der Waals surface area (Å²) in [5, 5.41) is 3.93. The molecule has 3 aromatic heterocycles. The number of nitrogens with two attached hydrogens (primary N) is 1. The Kier molecular flexibility index (Phi) is 4.97. The van der Waals surface area contributed by atoms with Gasteiger partial charge in [0.15, 0.2) is 5.69 Å². The molecule has 1 fully saturated rings. The fourth-order valence-corrected chi connectivity index (χ4v) is 3.97. The topological polar surface area (TPSA) is 97.0 Å². The first-order chi connectivity index (χ1) is 13.2. The smallest absolute Gasteiger partial charge is 0.277 e. The van der Waals surface area contributed by atoms with Crippen LogP contribution in [0.2, 0.25) is 0 Å². The number of aromatic nitrogens is 3. The van der Waals surface area contributed by atoms with Gasteiger partial charge in [-0.2, -0.15) is 0 Å². The van der Waals surface area contributed by atoms with Gasteiger partial charge in [-0.15, -0.1) is 0 Å². The monoisotopic (exact) mass is 380 g/mol. The van der Waals surface area contributed by atoms with Gasteiger partial charge in [-0.3, -0.25) is 14.8 Å². The standard InChI is InChI=1S/C19H20N6OS/c20-17-16(24-19(27-17)13-6-2-3-8-22-13)18(26)23-14-12-21-9-7-15(14)25-10-4-1-5-11-25/h2-3,6-9,12H,1,4-5,10-11,20H2,(H,23,26). The maximum absolute atomic E-state index is 12.8. The van der Waals surface area contributed by atoms with Gasteiger partial charge < -0.3 is 16.0 Å². The van der Waals surface area contributed by atoms with Crippen molar-refractivity contribution in [3.63, 3.8) is 0 Å². The first kappa shape index (κ1) is 17.4. The Morgan fingerprint density at radius 2 is 2.00 bits per heavy atom. The number of nitrogens with one attached hydrogen (secondary N) is 1. The lowest BCUT2D eigenvalue weighted by Gasteiger charge is -2.30. The number of thiazole rings is 1. The number of rotatable bonds is 4. The van der Waals surface area contributed by atoms with Crippen molar-refractivity contribution >= 4 is 33.6 Å². The van der Waals surface area contributed by atoms with E-state index >= 15 is 0 Å². The number of amides is 1. The van der Waals surface area contributed by atoms with Crippen LogP contribution in [0.25, 0.3) is 10.7 Å². The van der Waals surface area contributed by atoms with Crippen LogP contribution in [0.4, 0.5) is 16.4 Å². The van der Waals surface area contributed by atoms with Crippen molar-refractivity contribution in [2.75, 3.05) is 29.0 Å². The van der Waals surface area contributed by atoms with Crippen molar-refractivity contribution in [3.05, 3.63) is 48.5 Å². The second-order valence-electron chi connectivity index (χ2n) is 6.34. The van der Waals surface area contributed by atoms with Gasteiger partial charge in [0.05, 0.1) is 23.3 Å². The molecule has 4 heterocycles. The quantitative estimate of drug-likeness (QED) is 0.720. The first-order valence-corrected chi connectivity index (χ1v) is 9.72. The highest BCUT2D eigenvalue weighted by molar-refractivity contribution is 7.19. The van der Waals surface area contributed by atoms with Crippen LogP contribution in [0.5, 0.6) is 0 Å². The molecule has 0 radical (unpaired) electrons. The SMILES string of the molecule is Nc1sc(-c2ccccn2)nc1C(=O)Nc1cnccc1N1CCCCC1. The summed E-state index contributed by atoms with van der Waals surface area (Å²) in [6.07, 6.45) is 8.66. The molecule has 1 saturated heterocycles. The lowest BCUT2D eigenvalue weighted by atomic mass is 10.1. The van der Waals surface area contributed by atoms with Gasteiger partial charge in [-0.1, -0.05) is 17.4 Å². The van der Waals surface area contributed by atoms with E-state index in [0.29, 0.717) is 21.4 Å². The van der Waals surface area contributed by atoms with Crippen LogP contribution in [0.15, 0.2) is 42.9 Å². The van der Waals surface area contributed by atoms with Crippen LogP contribution >= 0.6 is 11.3 Å². The molecule has 3 aromatic rings. The predicted molar refractivity (Wildman–Crippen MR) is 108 cm³/mol. The van der Waals surface area contributed by atoms with Crippen molar-refractivity contribution in [2.24, 2.45) is 0 Å². The zero-order valence-corrected chi connectivity index (χ0v) is 15.6. The van der Waals surface area contributed by atoms with E-state index in [9.17, 15) is 4.79 Å². The molecular weight excluding hydrogens is 360 g/mol. The van der Waals surface area contributed by atoms with Crippen LogP contribution < -0.4 is 16.0 Å². The maximum atomic E-state index is 12.8. The highest BCUT2D eigenvalue weighted by atomic mass is 32.1. The fraction of sp³-hybridized carbons (Fsp3) is 0.263. The molecule has 1 amide bonds. The lowest BCUT2D eigenvalue weighted by molar-refractivity contribution is 0.102. The van der Waals surface area contributed by atoms with E-state index in [1.165, 1.54) is 17.8 Å². The van der Waals surface area contributed by atoms with Crippen LogP contribution in [0.3, 0.4) is 0 Å². The fourth-order valence-electron chi connectivity index (χ4n) is 3.17. The molecule has 138 valence electrons. The Balaban J connectivity index is 1.58. The normalized spacial score (nSPS) is 14.1. The van der Waals surface area contributed by atoms with Gasteiger partial charge in [-0.25, -0.2) is 4.98 Å². The summed E-state index contributed by atoms with van der Waals surface area (Å²) in [6.45, 7) is 1.96. The third-order valence-electron chi connectivity index (χ3n) is 4.50. The Bertz CT molecular complexity index is 936. The number of anilines is 3. The van der Waals surface area contributed by atoms with E-state index in [-0.39, 0.29) is 11.6 Å². The molecule has 0 atom stereocenters. The summed E-state index contributed by atoms with van der Waals surface area (Å²) in [7, 11) is 0. The molecule has 0 aliphatic carbocycles. The Hall–Kier alpha value is -3.00. The first-order valence-electron chi connectivity index (χ1n) is 8.90. The van der Waals surface area contributed by atoms with Crippen LogP contribution in [-0.4, -0.2) is 33.9 Å². The third kappa shape index (κ3) is 3.75. The van der Waals surface area contributed by atoms with Crippen LogP contribution in [-0.2, 0) is 0 Å². The molecule has 0 bridgehead atoms. The summed E-state index contributed by atoms with van der Waals surface area (Å²) in [5.41, 5.74) is 8.63. The average Bonchev–Trinajstić information content (AvgIpc) is 3.12. The predicted octanol–water partition coefficient (Wildman–Crippen LogP) is 3.42. The summed E-state index contributed by atoms with van der Waals surface area (Å²) < 4.78 is 0. The van der Waals surface area contributed by atoms with E-state index in [4.69, 9.17) is 5.73 Å². The maximum Gasteiger partial charge on any atom is 0.277 e. The largest absolute Gasteiger partial charge is 0.389 e. The van der Waals surface area contributed by atoms with Crippen molar-refractivity contribution < 1.29 is 4.79 Å². The Labute approximate surface area is 161 Å².